The van der Waals surface area contributed by atoms with E-state index >= 15 is 0 Å². The third-order valence-corrected chi connectivity index (χ3v) is 2.36. The van der Waals surface area contributed by atoms with Crippen molar-refractivity contribution in [1.82, 2.24) is 15.3 Å². The lowest BCUT2D eigenvalue weighted by atomic mass is 9.88. The van der Waals surface area contributed by atoms with E-state index in [1.54, 1.807) is 6.33 Å². The van der Waals surface area contributed by atoms with Crippen LogP contribution in [0, 0.1) is 5.41 Å². The van der Waals surface area contributed by atoms with Gasteiger partial charge in [-0.2, -0.15) is 0 Å². The van der Waals surface area contributed by atoms with Gasteiger partial charge in [0.25, 0.3) is 0 Å². The zero-order chi connectivity index (χ0) is 8.60. The molecule has 0 saturated carbocycles. The van der Waals surface area contributed by atoms with E-state index in [9.17, 15) is 0 Å². The Morgan fingerprint density at radius 2 is 2.33 bits per heavy atom. The molecule has 0 aliphatic carbocycles. The van der Waals surface area contributed by atoms with Crippen LogP contribution in [0.2, 0.25) is 0 Å². The third-order valence-electron chi connectivity index (χ3n) is 2.36. The number of aromatic nitrogens is 2. The molecule has 0 fully saturated rings. The first-order valence-electron chi connectivity index (χ1n) is 4.39. The molecule has 2 heterocycles. The van der Waals surface area contributed by atoms with Gasteiger partial charge in [0.05, 0.1) is 17.7 Å². The van der Waals surface area contributed by atoms with E-state index in [4.69, 9.17) is 0 Å². The summed E-state index contributed by atoms with van der Waals surface area (Å²) in [7, 11) is 0. The summed E-state index contributed by atoms with van der Waals surface area (Å²) < 4.78 is 0. The second kappa shape index (κ2) is 2.59. The van der Waals surface area contributed by atoms with Crippen molar-refractivity contribution in [2.75, 3.05) is 6.54 Å². The molecule has 0 radical (unpaired) electrons. The molecule has 0 atom stereocenters. The van der Waals surface area contributed by atoms with Gasteiger partial charge in [0.1, 0.15) is 0 Å². The highest BCUT2D eigenvalue weighted by Gasteiger charge is 2.24. The highest BCUT2D eigenvalue weighted by Crippen LogP contribution is 2.23. The van der Waals surface area contributed by atoms with Gasteiger partial charge in [-0.15, -0.1) is 0 Å². The maximum Gasteiger partial charge on any atom is 0.0925 e. The number of H-pyrrole nitrogens is 1. The molecular weight excluding hydrogens is 150 g/mol. The molecule has 2 N–H and O–H groups in total. The van der Waals surface area contributed by atoms with Gasteiger partial charge in [-0.25, -0.2) is 4.98 Å². The summed E-state index contributed by atoms with van der Waals surface area (Å²) in [5.41, 5.74) is 2.81. The molecule has 3 heteroatoms. The van der Waals surface area contributed by atoms with Crippen molar-refractivity contribution in [2.24, 2.45) is 5.41 Å². The molecule has 1 aromatic heterocycles. The fourth-order valence-corrected chi connectivity index (χ4v) is 1.70. The quantitative estimate of drug-likeness (QED) is 0.604. The van der Waals surface area contributed by atoms with Gasteiger partial charge in [-0.05, 0) is 11.8 Å². The molecule has 1 aliphatic rings. The van der Waals surface area contributed by atoms with Crippen molar-refractivity contribution >= 4 is 0 Å². The van der Waals surface area contributed by atoms with E-state index in [-0.39, 0.29) is 0 Å². The summed E-state index contributed by atoms with van der Waals surface area (Å²) in [4.78, 5) is 7.48. The van der Waals surface area contributed by atoms with Crippen LogP contribution < -0.4 is 5.32 Å². The van der Waals surface area contributed by atoms with Crippen LogP contribution in [0.4, 0.5) is 0 Å². The Labute approximate surface area is 72.6 Å². The number of rotatable bonds is 0. The van der Waals surface area contributed by atoms with E-state index in [0.717, 1.165) is 19.5 Å². The molecule has 0 aromatic carbocycles. The number of nitrogens with one attached hydrogen (secondary N) is 2. The predicted molar refractivity (Wildman–Crippen MR) is 47.8 cm³/mol. The first kappa shape index (κ1) is 7.80. The van der Waals surface area contributed by atoms with Crippen LogP contribution in [0.3, 0.4) is 0 Å². The summed E-state index contributed by atoms with van der Waals surface area (Å²) in [6.07, 6.45) is 2.85. The lowest BCUT2D eigenvalue weighted by molar-refractivity contribution is 0.346. The normalized spacial score (nSPS) is 21.5. The molecule has 3 nitrogen and oxygen atoms in total. The Hall–Kier alpha value is -0.830. The maximum absolute atomic E-state index is 4.32. The minimum absolute atomic E-state index is 0.334. The van der Waals surface area contributed by atoms with Gasteiger partial charge in [0, 0.05) is 13.1 Å². The SMILES string of the molecule is CC1(C)CNCc2[nH]cnc2C1. The van der Waals surface area contributed by atoms with Gasteiger partial charge in [-0.3, -0.25) is 0 Å². The van der Waals surface area contributed by atoms with E-state index in [1.807, 2.05) is 0 Å². The summed E-state index contributed by atoms with van der Waals surface area (Å²) in [6, 6.07) is 0. The lowest BCUT2D eigenvalue weighted by Gasteiger charge is -2.21. The molecule has 12 heavy (non-hydrogen) atoms. The zero-order valence-electron chi connectivity index (χ0n) is 7.65. The van der Waals surface area contributed by atoms with Crippen LogP contribution in [-0.2, 0) is 13.0 Å². The first-order chi connectivity index (χ1) is 5.67. The third kappa shape index (κ3) is 1.37. The van der Waals surface area contributed by atoms with Crippen molar-refractivity contribution in [1.29, 1.82) is 0 Å². The zero-order valence-corrected chi connectivity index (χ0v) is 7.65. The molecule has 1 aliphatic heterocycles. The fraction of sp³-hybridized carbons (Fsp3) is 0.667. The van der Waals surface area contributed by atoms with Crippen molar-refractivity contribution in [3.05, 3.63) is 17.7 Å². The second-order valence-electron chi connectivity index (χ2n) is 4.27. The van der Waals surface area contributed by atoms with Gasteiger partial charge in [0.2, 0.25) is 0 Å². The Kier molecular flexibility index (Phi) is 1.68. The summed E-state index contributed by atoms with van der Waals surface area (Å²) >= 11 is 0. The van der Waals surface area contributed by atoms with E-state index < -0.39 is 0 Å². The Morgan fingerprint density at radius 1 is 1.50 bits per heavy atom. The van der Waals surface area contributed by atoms with Gasteiger partial charge >= 0.3 is 0 Å². The van der Waals surface area contributed by atoms with Gasteiger partial charge < -0.3 is 10.3 Å². The van der Waals surface area contributed by atoms with Crippen LogP contribution >= 0.6 is 0 Å². The lowest BCUT2D eigenvalue weighted by Crippen LogP contribution is -2.27. The number of nitrogens with zero attached hydrogens (tertiary/aromatic N) is 1. The molecular formula is C9H15N3. The van der Waals surface area contributed by atoms with Crippen LogP contribution in [0.15, 0.2) is 6.33 Å². The fourth-order valence-electron chi connectivity index (χ4n) is 1.70. The Bertz CT molecular complexity index is 275. The summed E-state index contributed by atoms with van der Waals surface area (Å²) in [5.74, 6) is 0. The first-order valence-corrected chi connectivity index (χ1v) is 4.39. The minimum Gasteiger partial charge on any atom is -0.347 e. The highest BCUT2D eigenvalue weighted by molar-refractivity contribution is 5.14. The largest absolute Gasteiger partial charge is 0.347 e. The van der Waals surface area contributed by atoms with Gasteiger partial charge in [0.15, 0.2) is 0 Å². The smallest absolute Gasteiger partial charge is 0.0925 e. The molecule has 0 spiro atoms. The van der Waals surface area contributed by atoms with Crippen molar-refractivity contribution in [3.63, 3.8) is 0 Å². The standard InChI is InChI=1S/C9H15N3/c1-9(2)3-7-8(4-10-5-9)12-6-11-7/h6,10H,3-5H2,1-2H3,(H,11,12). The van der Waals surface area contributed by atoms with Crippen molar-refractivity contribution in [2.45, 2.75) is 26.8 Å². The molecule has 0 bridgehead atoms. The molecule has 2 rings (SSSR count). The van der Waals surface area contributed by atoms with E-state index in [2.05, 4.69) is 29.1 Å². The highest BCUT2D eigenvalue weighted by atomic mass is 15.0. The average Bonchev–Trinajstić information content (AvgIpc) is 2.31. The maximum atomic E-state index is 4.32. The monoisotopic (exact) mass is 165 g/mol. The summed E-state index contributed by atoms with van der Waals surface area (Å²) in [5, 5.41) is 3.41. The van der Waals surface area contributed by atoms with Crippen LogP contribution in [0.1, 0.15) is 25.2 Å². The molecule has 66 valence electrons. The number of aromatic amines is 1. The Balaban J connectivity index is 2.30. The predicted octanol–water partition coefficient (Wildman–Crippen LogP) is 1.08. The molecule has 1 aromatic rings. The average molecular weight is 165 g/mol. The number of imidazole rings is 1. The van der Waals surface area contributed by atoms with Crippen LogP contribution in [0.25, 0.3) is 0 Å². The minimum atomic E-state index is 0.334. The van der Waals surface area contributed by atoms with E-state index in [0.29, 0.717) is 5.41 Å². The second-order valence-corrected chi connectivity index (χ2v) is 4.27. The van der Waals surface area contributed by atoms with Crippen LogP contribution in [0.5, 0.6) is 0 Å². The molecule has 0 amide bonds. The van der Waals surface area contributed by atoms with E-state index in [1.165, 1.54) is 11.4 Å². The van der Waals surface area contributed by atoms with Crippen molar-refractivity contribution < 1.29 is 0 Å². The van der Waals surface area contributed by atoms with Gasteiger partial charge in [-0.1, -0.05) is 13.8 Å². The molecule has 0 saturated heterocycles. The Morgan fingerprint density at radius 3 is 3.17 bits per heavy atom. The molecule has 0 unspecified atom stereocenters. The number of fused-ring (bicyclic) bond motifs is 1. The van der Waals surface area contributed by atoms with Crippen LogP contribution in [-0.4, -0.2) is 16.5 Å². The number of hydrogen-bond donors (Lipinski definition) is 2. The summed E-state index contributed by atoms with van der Waals surface area (Å²) in [6.45, 7) is 6.53. The number of hydrogen-bond acceptors (Lipinski definition) is 2. The van der Waals surface area contributed by atoms with Crippen molar-refractivity contribution in [3.8, 4) is 0 Å². The topological polar surface area (TPSA) is 40.7 Å².